The minimum absolute atomic E-state index is 0.973. The molecular formula is C15H22N4. The van der Waals surface area contributed by atoms with Crippen molar-refractivity contribution < 1.29 is 0 Å². The lowest BCUT2D eigenvalue weighted by Crippen LogP contribution is -1.93. The third kappa shape index (κ3) is 5.12. The zero-order valence-corrected chi connectivity index (χ0v) is 12.4. The standard InChI is InChI=1S/C8H12N2.C7H10N2/c1-3-7-5-9-6-8(4-2)10-7;1-5-4-8-6(2)7(3)9-5/h5-6H,3-4H2,1-2H3;4H,1-3H3. The molecule has 0 atom stereocenters. The van der Waals surface area contributed by atoms with Crippen molar-refractivity contribution in [2.24, 2.45) is 0 Å². The van der Waals surface area contributed by atoms with E-state index in [-0.39, 0.29) is 0 Å². The van der Waals surface area contributed by atoms with E-state index < -0.39 is 0 Å². The van der Waals surface area contributed by atoms with Crippen LogP contribution in [0.1, 0.15) is 42.3 Å². The van der Waals surface area contributed by atoms with Gasteiger partial charge in [-0.25, -0.2) is 0 Å². The maximum Gasteiger partial charge on any atom is 0.0588 e. The third-order valence-electron chi connectivity index (χ3n) is 2.77. The van der Waals surface area contributed by atoms with Crippen molar-refractivity contribution in [3.63, 3.8) is 0 Å². The molecule has 2 aromatic heterocycles. The zero-order chi connectivity index (χ0) is 14.3. The SMILES string of the molecule is CCc1cncc(CC)n1.Cc1cnc(C)c(C)n1. The Balaban J connectivity index is 0.000000191. The highest BCUT2D eigenvalue weighted by molar-refractivity contribution is 5.09. The van der Waals surface area contributed by atoms with Crippen molar-refractivity contribution in [1.82, 2.24) is 19.9 Å². The van der Waals surface area contributed by atoms with Crippen LogP contribution in [0.3, 0.4) is 0 Å². The molecule has 4 heteroatoms. The molecule has 0 radical (unpaired) electrons. The maximum atomic E-state index is 4.35. The van der Waals surface area contributed by atoms with E-state index in [1.807, 2.05) is 33.2 Å². The molecule has 0 unspecified atom stereocenters. The fourth-order valence-electron chi connectivity index (χ4n) is 1.45. The molecule has 0 N–H and O–H groups in total. The van der Waals surface area contributed by atoms with Crippen molar-refractivity contribution in [2.75, 3.05) is 0 Å². The highest BCUT2D eigenvalue weighted by Gasteiger charge is 1.93. The summed E-state index contributed by atoms with van der Waals surface area (Å²) >= 11 is 0. The van der Waals surface area contributed by atoms with Crippen molar-refractivity contribution in [3.05, 3.63) is 47.1 Å². The van der Waals surface area contributed by atoms with E-state index >= 15 is 0 Å². The highest BCUT2D eigenvalue weighted by Crippen LogP contribution is 1.98. The Morgan fingerprint density at radius 1 is 0.789 bits per heavy atom. The molecule has 0 aliphatic heterocycles. The molecule has 0 fully saturated rings. The van der Waals surface area contributed by atoms with E-state index in [0.29, 0.717) is 0 Å². The molecule has 19 heavy (non-hydrogen) atoms. The van der Waals surface area contributed by atoms with Crippen molar-refractivity contribution in [3.8, 4) is 0 Å². The Labute approximate surface area is 115 Å². The topological polar surface area (TPSA) is 51.6 Å². The lowest BCUT2D eigenvalue weighted by atomic mass is 10.3. The first-order chi connectivity index (χ1) is 9.06. The van der Waals surface area contributed by atoms with E-state index in [2.05, 4.69) is 33.8 Å². The number of nitrogens with zero attached hydrogens (tertiary/aromatic N) is 4. The third-order valence-corrected chi connectivity index (χ3v) is 2.77. The van der Waals surface area contributed by atoms with Crippen molar-refractivity contribution >= 4 is 0 Å². The number of rotatable bonds is 2. The molecule has 0 spiro atoms. The minimum atomic E-state index is 0.973. The van der Waals surface area contributed by atoms with E-state index in [0.717, 1.165) is 41.3 Å². The predicted octanol–water partition coefficient (Wildman–Crippen LogP) is 3.00. The molecule has 0 saturated carbocycles. The fourth-order valence-corrected chi connectivity index (χ4v) is 1.45. The summed E-state index contributed by atoms with van der Waals surface area (Å²) in [4.78, 5) is 16.7. The van der Waals surface area contributed by atoms with Crippen LogP contribution in [0, 0.1) is 20.8 Å². The van der Waals surface area contributed by atoms with Crippen molar-refractivity contribution in [2.45, 2.75) is 47.5 Å². The summed E-state index contributed by atoms with van der Waals surface area (Å²) in [6.45, 7) is 10.0. The fraction of sp³-hybridized carbons (Fsp3) is 0.467. The first-order valence-corrected chi connectivity index (χ1v) is 6.63. The van der Waals surface area contributed by atoms with Crippen LogP contribution in [0.5, 0.6) is 0 Å². The minimum Gasteiger partial charge on any atom is -0.261 e. The summed E-state index contributed by atoms with van der Waals surface area (Å²) in [6.07, 6.45) is 7.36. The van der Waals surface area contributed by atoms with Crippen LogP contribution in [-0.2, 0) is 12.8 Å². The van der Waals surface area contributed by atoms with Gasteiger partial charge >= 0.3 is 0 Å². The van der Waals surface area contributed by atoms with E-state index in [4.69, 9.17) is 0 Å². The molecule has 0 bridgehead atoms. The predicted molar refractivity (Wildman–Crippen MR) is 77.0 cm³/mol. The second-order valence-electron chi connectivity index (χ2n) is 4.39. The number of hydrogen-bond donors (Lipinski definition) is 0. The van der Waals surface area contributed by atoms with Gasteiger partial charge in [0, 0.05) is 18.6 Å². The van der Waals surface area contributed by atoms with Crippen LogP contribution in [-0.4, -0.2) is 19.9 Å². The molecule has 102 valence electrons. The summed E-state index contributed by atoms with van der Waals surface area (Å²) < 4.78 is 0. The molecule has 2 aromatic rings. The number of aryl methyl sites for hydroxylation is 5. The van der Waals surface area contributed by atoms with Gasteiger partial charge in [-0.2, -0.15) is 0 Å². The summed E-state index contributed by atoms with van der Waals surface area (Å²) in [5.41, 5.74) is 5.19. The van der Waals surface area contributed by atoms with Crippen LogP contribution in [0.4, 0.5) is 0 Å². The van der Waals surface area contributed by atoms with E-state index in [9.17, 15) is 0 Å². The van der Waals surface area contributed by atoms with Gasteiger partial charge in [-0.05, 0) is 33.6 Å². The Morgan fingerprint density at radius 2 is 1.37 bits per heavy atom. The second kappa shape index (κ2) is 7.56. The Morgan fingerprint density at radius 3 is 1.79 bits per heavy atom. The Hall–Kier alpha value is -1.84. The van der Waals surface area contributed by atoms with Gasteiger partial charge in [0.05, 0.1) is 28.5 Å². The van der Waals surface area contributed by atoms with Crippen LogP contribution in [0.25, 0.3) is 0 Å². The first kappa shape index (κ1) is 15.2. The van der Waals surface area contributed by atoms with E-state index in [1.165, 1.54) is 0 Å². The van der Waals surface area contributed by atoms with Gasteiger partial charge in [0.2, 0.25) is 0 Å². The van der Waals surface area contributed by atoms with Crippen LogP contribution < -0.4 is 0 Å². The van der Waals surface area contributed by atoms with Gasteiger partial charge in [0.25, 0.3) is 0 Å². The van der Waals surface area contributed by atoms with E-state index in [1.54, 1.807) is 6.20 Å². The Kier molecular flexibility index (Phi) is 6.06. The van der Waals surface area contributed by atoms with Gasteiger partial charge in [-0.15, -0.1) is 0 Å². The molecule has 0 aromatic carbocycles. The summed E-state index contributed by atoms with van der Waals surface area (Å²) in [5.74, 6) is 0. The summed E-state index contributed by atoms with van der Waals surface area (Å²) in [7, 11) is 0. The van der Waals surface area contributed by atoms with Crippen molar-refractivity contribution in [1.29, 1.82) is 0 Å². The molecule has 0 amide bonds. The molecule has 0 aliphatic rings. The van der Waals surface area contributed by atoms with Crippen LogP contribution >= 0.6 is 0 Å². The summed E-state index contributed by atoms with van der Waals surface area (Å²) in [5, 5.41) is 0. The number of hydrogen-bond acceptors (Lipinski definition) is 4. The molecular weight excluding hydrogens is 236 g/mol. The lowest BCUT2D eigenvalue weighted by molar-refractivity contribution is 0.921. The maximum absolute atomic E-state index is 4.35. The van der Waals surface area contributed by atoms with Gasteiger partial charge in [0.15, 0.2) is 0 Å². The quantitative estimate of drug-likeness (QED) is 0.831. The molecule has 2 heterocycles. The smallest absolute Gasteiger partial charge is 0.0588 e. The Bertz CT molecular complexity index is 504. The molecule has 4 nitrogen and oxygen atoms in total. The largest absolute Gasteiger partial charge is 0.261 e. The van der Waals surface area contributed by atoms with Crippen LogP contribution in [0.2, 0.25) is 0 Å². The van der Waals surface area contributed by atoms with Crippen LogP contribution in [0.15, 0.2) is 18.6 Å². The summed E-state index contributed by atoms with van der Waals surface area (Å²) in [6, 6.07) is 0. The molecule has 0 saturated heterocycles. The van der Waals surface area contributed by atoms with Gasteiger partial charge in [-0.3, -0.25) is 19.9 Å². The molecule has 2 rings (SSSR count). The van der Waals surface area contributed by atoms with Gasteiger partial charge in [-0.1, -0.05) is 13.8 Å². The normalized spacial score (nSPS) is 9.74. The molecule has 0 aliphatic carbocycles. The van der Waals surface area contributed by atoms with Gasteiger partial charge < -0.3 is 0 Å². The highest BCUT2D eigenvalue weighted by atomic mass is 14.8. The zero-order valence-electron chi connectivity index (χ0n) is 12.4. The monoisotopic (exact) mass is 258 g/mol. The lowest BCUT2D eigenvalue weighted by Gasteiger charge is -1.96. The average Bonchev–Trinajstić information content (AvgIpc) is 2.44. The first-order valence-electron chi connectivity index (χ1n) is 6.63. The average molecular weight is 258 g/mol. The number of aromatic nitrogens is 4. The van der Waals surface area contributed by atoms with Gasteiger partial charge in [0.1, 0.15) is 0 Å². The second-order valence-corrected chi connectivity index (χ2v) is 4.39.